The van der Waals surface area contributed by atoms with Gasteiger partial charge in [0.1, 0.15) is 12.6 Å². The van der Waals surface area contributed by atoms with Gasteiger partial charge in [-0.25, -0.2) is 0 Å². The normalized spacial score (nSPS) is 21.4. The van der Waals surface area contributed by atoms with Gasteiger partial charge in [-0.15, -0.1) is 0 Å². The molecule has 0 aromatic heterocycles. The summed E-state index contributed by atoms with van der Waals surface area (Å²) in [4.78, 5) is 25.2. The number of carbonyl (C=O) groups excluding carboxylic acids is 2. The molecular formula is C13H21F3N2O3. The molecule has 0 bridgehead atoms. The molecule has 1 N–H and O–H groups in total. The molecule has 0 aliphatic carbocycles. The molecule has 1 aliphatic heterocycles. The quantitative estimate of drug-likeness (QED) is 0.722. The fourth-order valence-corrected chi connectivity index (χ4v) is 2.24. The van der Waals surface area contributed by atoms with Crippen molar-refractivity contribution in [2.75, 3.05) is 26.3 Å². The Bertz CT molecular complexity index is 374. The van der Waals surface area contributed by atoms with Gasteiger partial charge in [0.2, 0.25) is 11.8 Å². The predicted molar refractivity (Wildman–Crippen MR) is 69.5 cm³/mol. The van der Waals surface area contributed by atoms with E-state index in [-0.39, 0.29) is 43.8 Å². The molecule has 2 amide bonds. The molecule has 0 aromatic carbocycles. The molecule has 21 heavy (non-hydrogen) atoms. The van der Waals surface area contributed by atoms with Crippen LogP contribution in [0.25, 0.3) is 0 Å². The molecular weight excluding hydrogens is 289 g/mol. The summed E-state index contributed by atoms with van der Waals surface area (Å²) in [6, 6.07) is -0.557. The van der Waals surface area contributed by atoms with Gasteiger partial charge in [-0.1, -0.05) is 20.3 Å². The number of amides is 2. The second-order valence-electron chi connectivity index (χ2n) is 5.16. The second-order valence-corrected chi connectivity index (χ2v) is 5.16. The summed E-state index contributed by atoms with van der Waals surface area (Å²) in [6.45, 7) is 2.56. The highest BCUT2D eigenvalue weighted by Crippen LogP contribution is 2.19. The third-order valence-corrected chi connectivity index (χ3v) is 3.47. The smallest absolute Gasteiger partial charge is 0.372 e. The molecule has 1 fully saturated rings. The number of halogens is 3. The number of nitrogens with one attached hydrogen (secondary N) is 1. The fourth-order valence-electron chi connectivity index (χ4n) is 2.24. The monoisotopic (exact) mass is 310 g/mol. The molecule has 1 rings (SSSR count). The van der Waals surface area contributed by atoms with Gasteiger partial charge in [0.25, 0.3) is 0 Å². The first-order valence-electron chi connectivity index (χ1n) is 6.98. The van der Waals surface area contributed by atoms with Crippen LogP contribution in [-0.2, 0) is 14.3 Å². The molecule has 2 atom stereocenters. The van der Waals surface area contributed by atoms with Crippen LogP contribution in [0.15, 0.2) is 0 Å². The Morgan fingerprint density at radius 2 is 2.10 bits per heavy atom. The molecule has 0 spiro atoms. The Morgan fingerprint density at radius 1 is 1.43 bits per heavy atom. The van der Waals surface area contributed by atoms with E-state index >= 15 is 0 Å². The molecule has 5 nitrogen and oxygen atoms in total. The minimum absolute atomic E-state index is 0.00894. The molecule has 122 valence electrons. The molecule has 1 heterocycles. The lowest BCUT2D eigenvalue weighted by atomic mass is 9.95. The van der Waals surface area contributed by atoms with E-state index in [4.69, 9.17) is 0 Å². The Labute approximate surface area is 121 Å². The lowest BCUT2D eigenvalue weighted by Gasteiger charge is -2.38. The topological polar surface area (TPSA) is 58.6 Å². The molecule has 8 heteroatoms. The van der Waals surface area contributed by atoms with Crippen molar-refractivity contribution >= 4 is 11.8 Å². The Balaban J connectivity index is 2.48. The Kier molecular flexibility index (Phi) is 6.44. The van der Waals surface area contributed by atoms with Gasteiger partial charge in [0, 0.05) is 13.2 Å². The third-order valence-electron chi connectivity index (χ3n) is 3.47. The van der Waals surface area contributed by atoms with Gasteiger partial charge in [-0.3, -0.25) is 9.59 Å². The van der Waals surface area contributed by atoms with E-state index in [0.717, 1.165) is 6.42 Å². The van der Waals surface area contributed by atoms with Gasteiger partial charge in [0.05, 0.1) is 6.54 Å². The summed E-state index contributed by atoms with van der Waals surface area (Å²) in [5.74, 6) is -0.429. The van der Waals surface area contributed by atoms with Gasteiger partial charge < -0.3 is 15.0 Å². The minimum atomic E-state index is -4.35. The number of alkyl halides is 3. The summed E-state index contributed by atoms with van der Waals surface area (Å²) < 4.78 is 40.3. The number of nitrogens with zero attached hydrogens (tertiary/aromatic N) is 1. The lowest BCUT2D eigenvalue weighted by Crippen LogP contribution is -2.60. The molecule has 1 aliphatic rings. The van der Waals surface area contributed by atoms with Crippen LogP contribution < -0.4 is 5.32 Å². The van der Waals surface area contributed by atoms with Crippen LogP contribution in [0.3, 0.4) is 0 Å². The summed E-state index contributed by atoms with van der Waals surface area (Å²) in [7, 11) is 0. The first-order chi connectivity index (χ1) is 9.76. The van der Waals surface area contributed by atoms with Crippen molar-refractivity contribution in [2.45, 2.75) is 38.9 Å². The highest BCUT2D eigenvalue weighted by molar-refractivity contribution is 5.94. The van der Waals surface area contributed by atoms with Gasteiger partial charge >= 0.3 is 6.18 Å². The van der Waals surface area contributed by atoms with Crippen LogP contribution in [0.2, 0.25) is 0 Å². The maximum Gasteiger partial charge on any atom is 0.411 e. The minimum Gasteiger partial charge on any atom is -0.372 e. The lowest BCUT2D eigenvalue weighted by molar-refractivity contribution is -0.174. The number of hydrogen-bond acceptors (Lipinski definition) is 3. The highest BCUT2D eigenvalue weighted by Gasteiger charge is 2.37. The maximum atomic E-state index is 11.9. The van der Waals surface area contributed by atoms with Crippen molar-refractivity contribution in [3.05, 3.63) is 0 Å². The number of ether oxygens (including phenoxy) is 1. The van der Waals surface area contributed by atoms with Crippen molar-refractivity contribution in [1.82, 2.24) is 10.2 Å². The second kappa shape index (κ2) is 7.63. The standard InChI is InChI=1S/C13H21F3N2O3/c1-3-9(2)11-12(20)17-7-10(19)18(11)5-4-6-21-8-13(14,15)16/h9,11H,3-8H2,1-2H3,(H,17,20). The van der Waals surface area contributed by atoms with E-state index in [2.05, 4.69) is 10.1 Å². The van der Waals surface area contributed by atoms with E-state index in [9.17, 15) is 22.8 Å². The van der Waals surface area contributed by atoms with Crippen molar-refractivity contribution < 1.29 is 27.5 Å². The number of hydrogen-bond donors (Lipinski definition) is 1. The maximum absolute atomic E-state index is 11.9. The zero-order chi connectivity index (χ0) is 16.0. The van der Waals surface area contributed by atoms with Crippen molar-refractivity contribution in [3.8, 4) is 0 Å². The average molecular weight is 310 g/mol. The third kappa shape index (κ3) is 5.53. The SMILES string of the molecule is CCC(C)C1C(=O)NCC(=O)N1CCCOCC(F)(F)F. The summed E-state index contributed by atoms with van der Waals surface area (Å²) >= 11 is 0. The molecule has 1 saturated heterocycles. The van der Waals surface area contributed by atoms with Crippen LogP contribution >= 0.6 is 0 Å². The van der Waals surface area contributed by atoms with Crippen LogP contribution in [0.1, 0.15) is 26.7 Å². The number of rotatable bonds is 7. The van der Waals surface area contributed by atoms with Crippen molar-refractivity contribution in [2.24, 2.45) is 5.92 Å². The molecule has 0 saturated carbocycles. The number of piperazine rings is 1. The predicted octanol–water partition coefficient (Wildman–Crippen LogP) is 1.33. The summed E-state index contributed by atoms with van der Waals surface area (Å²) in [6.07, 6.45) is -3.35. The van der Waals surface area contributed by atoms with Gasteiger partial charge in [-0.05, 0) is 12.3 Å². The highest BCUT2D eigenvalue weighted by atomic mass is 19.4. The summed E-state index contributed by atoms with van der Waals surface area (Å²) in [5, 5.41) is 2.54. The van der Waals surface area contributed by atoms with Gasteiger partial charge in [0.15, 0.2) is 0 Å². The van der Waals surface area contributed by atoms with E-state index < -0.39 is 18.8 Å². The molecule has 0 aromatic rings. The van der Waals surface area contributed by atoms with E-state index in [0.29, 0.717) is 0 Å². The van der Waals surface area contributed by atoms with Crippen LogP contribution in [0, 0.1) is 5.92 Å². The largest absolute Gasteiger partial charge is 0.411 e. The summed E-state index contributed by atoms with van der Waals surface area (Å²) in [5.41, 5.74) is 0. The Hall–Kier alpha value is -1.31. The molecule has 2 unspecified atom stereocenters. The zero-order valence-corrected chi connectivity index (χ0v) is 12.2. The van der Waals surface area contributed by atoms with Crippen LogP contribution in [0.4, 0.5) is 13.2 Å². The van der Waals surface area contributed by atoms with E-state index in [1.54, 1.807) is 0 Å². The fraction of sp³-hybridized carbons (Fsp3) is 0.846. The first-order valence-corrected chi connectivity index (χ1v) is 6.98. The van der Waals surface area contributed by atoms with Crippen molar-refractivity contribution in [3.63, 3.8) is 0 Å². The molecule has 0 radical (unpaired) electrons. The van der Waals surface area contributed by atoms with E-state index in [1.165, 1.54) is 4.90 Å². The first kappa shape index (κ1) is 17.7. The van der Waals surface area contributed by atoms with Crippen molar-refractivity contribution in [1.29, 1.82) is 0 Å². The zero-order valence-electron chi connectivity index (χ0n) is 12.2. The average Bonchev–Trinajstić information content (AvgIpc) is 2.40. The Morgan fingerprint density at radius 3 is 2.67 bits per heavy atom. The number of carbonyl (C=O) groups is 2. The van der Waals surface area contributed by atoms with E-state index in [1.807, 2.05) is 13.8 Å². The van der Waals surface area contributed by atoms with Gasteiger partial charge in [-0.2, -0.15) is 13.2 Å². The van der Waals surface area contributed by atoms with Crippen LogP contribution in [-0.4, -0.2) is 55.2 Å². The van der Waals surface area contributed by atoms with Crippen LogP contribution in [0.5, 0.6) is 0 Å².